The molecule has 0 aliphatic heterocycles. The van der Waals surface area contributed by atoms with Crippen molar-refractivity contribution in [2.24, 2.45) is 0 Å². The molecule has 0 spiro atoms. The van der Waals surface area contributed by atoms with Crippen molar-refractivity contribution >= 4 is 35.2 Å². The standard InChI is InChI=1S/C14H18ClNO3S/c1-10(2-7-14(18)19)16-13(17)9-20-8-11-3-5-12(15)6-4-11/h3-6,10H,2,7-9H2,1H3,(H,16,17)(H,18,19). The second-order valence-corrected chi connectivity index (χ2v) is 5.94. The van der Waals surface area contributed by atoms with E-state index in [1.807, 2.05) is 31.2 Å². The van der Waals surface area contributed by atoms with Crippen LogP contribution in [0.15, 0.2) is 24.3 Å². The van der Waals surface area contributed by atoms with E-state index in [0.29, 0.717) is 17.2 Å². The third kappa shape index (κ3) is 7.40. The number of aliphatic carboxylic acids is 1. The van der Waals surface area contributed by atoms with E-state index in [1.165, 1.54) is 11.8 Å². The SMILES string of the molecule is CC(CCC(=O)O)NC(=O)CSCc1ccc(Cl)cc1. The number of halogens is 1. The number of hydrogen-bond acceptors (Lipinski definition) is 3. The summed E-state index contributed by atoms with van der Waals surface area (Å²) in [5.74, 6) is 0.193. The summed E-state index contributed by atoms with van der Waals surface area (Å²) in [5.41, 5.74) is 1.12. The maximum atomic E-state index is 11.6. The van der Waals surface area contributed by atoms with E-state index in [0.717, 1.165) is 11.3 Å². The van der Waals surface area contributed by atoms with Gasteiger partial charge < -0.3 is 10.4 Å². The molecule has 0 bridgehead atoms. The van der Waals surface area contributed by atoms with Crippen LogP contribution in [0, 0.1) is 0 Å². The molecule has 1 unspecified atom stereocenters. The molecule has 0 fully saturated rings. The zero-order valence-corrected chi connectivity index (χ0v) is 12.8. The van der Waals surface area contributed by atoms with Crippen LogP contribution in [-0.2, 0) is 15.3 Å². The van der Waals surface area contributed by atoms with E-state index in [1.54, 1.807) is 0 Å². The molecule has 0 radical (unpaired) electrons. The van der Waals surface area contributed by atoms with Gasteiger partial charge in [-0.3, -0.25) is 9.59 Å². The zero-order chi connectivity index (χ0) is 15.0. The minimum absolute atomic E-state index is 0.0677. The van der Waals surface area contributed by atoms with Gasteiger partial charge in [-0.15, -0.1) is 11.8 Å². The van der Waals surface area contributed by atoms with Crippen LogP contribution in [0.25, 0.3) is 0 Å². The summed E-state index contributed by atoms with van der Waals surface area (Å²) in [6, 6.07) is 7.40. The number of carbonyl (C=O) groups is 2. The molecule has 20 heavy (non-hydrogen) atoms. The molecule has 0 heterocycles. The van der Waals surface area contributed by atoms with Gasteiger partial charge in [0.2, 0.25) is 5.91 Å². The van der Waals surface area contributed by atoms with Crippen molar-refractivity contribution < 1.29 is 14.7 Å². The van der Waals surface area contributed by atoms with Gasteiger partial charge in [-0.05, 0) is 31.0 Å². The highest BCUT2D eigenvalue weighted by molar-refractivity contribution is 7.99. The lowest BCUT2D eigenvalue weighted by Gasteiger charge is -2.12. The molecular weight excluding hydrogens is 298 g/mol. The minimum atomic E-state index is -0.844. The quantitative estimate of drug-likeness (QED) is 0.774. The number of carbonyl (C=O) groups excluding carboxylic acids is 1. The smallest absolute Gasteiger partial charge is 0.303 e. The van der Waals surface area contributed by atoms with Gasteiger partial charge >= 0.3 is 5.97 Å². The third-order valence-corrected chi connectivity index (χ3v) is 3.87. The Kier molecular flexibility index (Phi) is 7.47. The van der Waals surface area contributed by atoms with Crippen molar-refractivity contribution in [3.8, 4) is 0 Å². The Morgan fingerprint density at radius 2 is 2.00 bits per heavy atom. The fourth-order valence-corrected chi connectivity index (χ4v) is 2.50. The van der Waals surface area contributed by atoms with Crippen molar-refractivity contribution in [1.29, 1.82) is 0 Å². The van der Waals surface area contributed by atoms with Crippen LogP contribution in [0.5, 0.6) is 0 Å². The Labute approximate surface area is 127 Å². The fourth-order valence-electron chi connectivity index (χ4n) is 1.57. The summed E-state index contributed by atoms with van der Waals surface area (Å²) < 4.78 is 0. The molecule has 1 atom stereocenters. The summed E-state index contributed by atoms with van der Waals surface area (Å²) in [4.78, 5) is 22.1. The van der Waals surface area contributed by atoms with E-state index in [2.05, 4.69) is 5.32 Å². The number of carboxylic acid groups (broad SMARTS) is 1. The first-order valence-electron chi connectivity index (χ1n) is 6.30. The molecule has 110 valence electrons. The Hall–Kier alpha value is -1.20. The molecule has 0 aliphatic carbocycles. The van der Waals surface area contributed by atoms with E-state index >= 15 is 0 Å². The number of amides is 1. The van der Waals surface area contributed by atoms with Crippen LogP contribution in [0.1, 0.15) is 25.3 Å². The minimum Gasteiger partial charge on any atom is -0.481 e. The highest BCUT2D eigenvalue weighted by Crippen LogP contribution is 2.15. The van der Waals surface area contributed by atoms with Gasteiger partial charge in [0, 0.05) is 23.2 Å². The number of rotatable bonds is 8. The second-order valence-electron chi connectivity index (χ2n) is 4.52. The van der Waals surface area contributed by atoms with Crippen LogP contribution >= 0.6 is 23.4 Å². The largest absolute Gasteiger partial charge is 0.481 e. The van der Waals surface area contributed by atoms with Gasteiger partial charge in [0.1, 0.15) is 0 Å². The first-order chi connectivity index (χ1) is 9.47. The van der Waals surface area contributed by atoms with E-state index in [9.17, 15) is 9.59 Å². The van der Waals surface area contributed by atoms with Crippen molar-refractivity contribution in [2.45, 2.75) is 31.6 Å². The molecule has 1 aromatic carbocycles. The molecule has 1 amide bonds. The normalized spacial score (nSPS) is 11.9. The monoisotopic (exact) mass is 315 g/mol. The average Bonchev–Trinajstić information content (AvgIpc) is 2.38. The number of hydrogen-bond donors (Lipinski definition) is 2. The molecule has 0 saturated heterocycles. The summed E-state index contributed by atoms with van der Waals surface area (Å²) in [6.45, 7) is 1.81. The molecule has 0 aromatic heterocycles. The van der Waals surface area contributed by atoms with E-state index in [-0.39, 0.29) is 18.4 Å². The Morgan fingerprint density at radius 1 is 1.35 bits per heavy atom. The van der Waals surface area contributed by atoms with Gasteiger partial charge in [0.05, 0.1) is 5.75 Å². The first kappa shape index (κ1) is 16.9. The van der Waals surface area contributed by atoms with Crippen LogP contribution in [-0.4, -0.2) is 28.8 Å². The summed E-state index contributed by atoms with van der Waals surface area (Å²) in [5, 5.41) is 12.0. The predicted molar refractivity (Wildman–Crippen MR) is 82.1 cm³/mol. The molecular formula is C14H18ClNO3S. The molecule has 1 rings (SSSR count). The molecule has 6 heteroatoms. The number of benzene rings is 1. The summed E-state index contributed by atoms with van der Waals surface area (Å²) in [7, 11) is 0. The van der Waals surface area contributed by atoms with Crippen molar-refractivity contribution in [3.05, 3.63) is 34.9 Å². The van der Waals surface area contributed by atoms with Crippen molar-refractivity contribution in [3.63, 3.8) is 0 Å². The molecule has 1 aromatic rings. The topological polar surface area (TPSA) is 66.4 Å². The molecule has 4 nitrogen and oxygen atoms in total. The van der Waals surface area contributed by atoms with Crippen molar-refractivity contribution in [2.75, 3.05) is 5.75 Å². The lowest BCUT2D eigenvalue weighted by Crippen LogP contribution is -2.34. The predicted octanol–water partition coefficient (Wildman–Crippen LogP) is 2.94. The van der Waals surface area contributed by atoms with Gasteiger partial charge in [0.15, 0.2) is 0 Å². The maximum Gasteiger partial charge on any atom is 0.303 e. The Morgan fingerprint density at radius 3 is 2.60 bits per heavy atom. The number of thioether (sulfide) groups is 1. The lowest BCUT2D eigenvalue weighted by atomic mass is 10.2. The first-order valence-corrected chi connectivity index (χ1v) is 7.84. The number of carboxylic acids is 1. The highest BCUT2D eigenvalue weighted by Gasteiger charge is 2.09. The Bertz CT molecular complexity index is 450. The zero-order valence-electron chi connectivity index (χ0n) is 11.3. The third-order valence-electron chi connectivity index (χ3n) is 2.61. The van der Waals surface area contributed by atoms with E-state index < -0.39 is 5.97 Å². The van der Waals surface area contributed by atoms with Gasteiger partial charge in [-0.2, -0.15) is 0 Å². The average molecular weight is 316 g/mol. The van der Waals surface area contributed by atoms with Crippen molar-refractivity contribution in [1.82, 2.24) is 5.32 Å². The maximum absolute atomic E-state index is 11.6. The van der Waals surface area contributed by atoms with E-state index in [4.69, 9.17) is 16.7 Å². The number of nitrogens with one attached hydrogen (secondary N) is 1. The van der Waals surface area contributed by atoms with Gasteiger partial charge in [-0.1, -0.05) is 23.7 Å². The summed E-state index contributed by atoms with van der Waals surface area (Å²) >= 11 is 7.31. The Balaban J connectivity index is 2.19. The summed E-state index contributed by atoms with van der Waals surface area (Å²) in [6.07, 6.45) is 0.516. The second kappa shape index (κ2) is 8.87. The van der Waals surface area contributed by atoms with Crippen LogP contribution < -0.4 is 5.32 Å². The molecule has 0 aliphatic rings. The van der Waals surface area contributed by atoms with Crippen LogP contribution in [0.4, 0.5) is 0 Å². The molecule has 0 saturated carbocycles. The van der Waals surface area contributed by atoms with Gasteiger partial charge in [-0.25, -0.2) is 0 Å². The lowest BCUT2D eigenvalue weighted by molar-refractivity contribution is -0.137. The van der Waals surface area contributed by atoms with Crippen LogP contribution in [0.2, 0.25) is 5.02 Å². The fraction of sp³-hybridized carbons (Fsp3) is 0.429. The van der Waals surface area contributed by atoms with Crippen LogP contribution in [0.3, 0.4) is 0 Å². The molecule has 2 N–H and O–H groups in total. The van der Waals surface area contributed by atoms with Gasteiger partial charge in [0.25, 0.3) is 0 Å². The highest BCUT2D eigenvalue weighted by atomic mass is 35.5.